The number of aryl methyl sites for hydroxylation is 2. The van der Waals surface area contributed by atoms with Gasteiger partial charge in [-0.15, -0.1) is 5.10 Å². The molecule has 34 heavy (non-hydrogen) atoms. The molecular formula is C21H39N4O8P. The van der Waals surface area contributed by atoms with Gasteiger partial charge >= 0.3 is 19.8 Å². The zero-order chi connectivity index (χ0) is 25.2. The van der Waals surface area contributed by atoms with Crippen LogP contribution >= 0.6 is 7.82 Å². The van der Waals surface area contributed by atoms with Crippen molar-refractivity contribution in [3.8, 4) is 0 Å². The number of unbranched alkanes of at least 4 members (excludes halogenated alkanes) is 6. The summed E-state index contributed by atoms with van der Waals surface area (Å²) >= 11 is 0. The molecule has 196 valence electrons. The summed E-state index contributed by atoms with van der Waals surface area (Å²) in [5.41, 5.74) is 6.23. The van der Waals surface area contributed by atoms with E-state index in [0.29, 0.717) is 6.42 Å². The van der Waals surface area contributed by atoms with Crippen LogP contribution in [0.4, 0.5) is 0 Å². The van der Waals surface area contributed by atoms with Crippen molar-refractivity contribution >= 4 is 19.8 Å². The Bertz CT molecular complexity index is 761. The minimum atomic E-state index is -4.40. The van der Waals surface area contributed by atoms with Crippen LogP contribution in [0.15, 0.2) is 6.20 Å². The fourth-order valence-electron chi connectivity index (χ4n) is 2.97. The molecule has 12 nitrogen and oxygen atoms in total. The SMILES string of the molecule is CCCCCc1cn(CCCCCCCC(=O)OCCCOP(=O)(O)OC[C@@H](N)C(=O)O)nn1. The van der Waals surface area contributed by atoms with Gasteiger partial charge in [-0.3, -0.25) is 23.3 Å². The average molecular weight is 507 g/mol. The van der Waals surface area contributed by atoms with Crippen LogP contribution in [0.5, 0.6) is 0 Å². The highest BCUT2D eigenvalue weighted by Gasteiger charge is 2.24. The van der Waals surface area contributed by atoms with E-state index in [0.717, 1.165) is 57.2 Å². The predicted octanol–water partition coefficient (Wildman–Crippen LogP) is 2.83. The van der Waals surface area contributed by atoms with Crippen LogP contribution in [-0.2, 0) is 40.9 Å². The topological polar surface area (TPSA) is 176 Å². The number of aromatic nitrogens is 3. The lowest BCUT2D eigenvalue weighted by Crippen LogP contribution is -2.34. The fraction of sp³-hybridized carbons (Fsp3) is 0.810. The summed E-state index contributed by atoms with van der Waals surface area (Å²) in [5, 5.41) is 17.0. The van der Waals surface area contributed by atoms with Crippen LogP contribution in [0.1, 0.15) is 76.8 Å². The van der Waals surface area contributed by atoms with Gasteiger partial charge in [0.15, 0.2) is 0 Å². The third-order valence-electron chi connectivity index (χ3n) is 4.93. The minimum Gasteiger partial charge on any atom is -0.480 e. The molecule has 13 heteroatoms. The quantitative estimate of drug-likeness (QED) is 0.127. The lowest BCUT2D eigenvalue weighted by Gasteiger charge is -2.13. The average Bonchev–Trinajstić information content (AvgIpc) is 3.24. The van der Waals surface area contributed by atoms with Gasteiger partial charge in [-0.2, -0.15) is 0 Å². The molecule has 1 aromatic rings. The lowest BCUT2D eigenvalue weighted by atomic mass is 10.1. The standard InChI is InChI=1S/C21H39N4O8P/c1-2-3-7-11-18-16-25(24-23-18)13-9-6-4-5-8-12-20(26)31-14-10-15-32-34(29,30)33-17-19(22)21(27)28/h16,19H,2-15,17,22H2,1H3,(H,27,28)(H,29,30)/t19-/m1/s1. The molecule has 1 rings (SSSR count). The molecule has 0 fully saturated rings. The first kappa shape index (κ1) is 30.2. The van der Waals surface area contributed by atoms with Crippen LogP contribution in [0.2, 0.25) is 0 Å². The van der Waals surface area contributed by atoms with E-state index in [1.165, 1.54) is 12.8 Å². The number of carbonyl (C=O) groups excluding carboxylic acids is 1. The number of carboxylic acids is 1. The van der Waals surface area contributed by atoms with Gasteiger partial charge in [0.1, 0.15) is 6.04 Å². The highest BCUT2D eigenvalue weighted by atomic mass is 31.2. The van der Waals surface area contributed by atoms with Gasteiger partial charge in [-0.1, -0.05) is 44.2 Å². The van der Waals surface area contributed by atoms with E-state index in [9.17, 15) is 19.0 Å². The maximum absolute atomic E-state index is 11.7. The van der Waals surface area contributed by atoms with Crippen molar-refractivity contribution in [2.45, 2.75) is 90.1 Å². The molecule has 0 aliphatic heterocycles. The van der Waals surface area contributed by atoms with Crippen LogP contribution in [0.25, 0.3) is 0 Å². The van der Waals surface area contributed by atoms with Crippen molar-refractivity contribution < 1.29 is 37.9 Å². The van der Waals surface area contributed by atoms with Gasteiger partial charge in [0, 0.05) is 25.6 Å². The summed E-state index contributed by atoms with van der Waals surface area (Å²) in [6, 6.07) is -1.42. The highest BCUT2D eigenvalue weighted by molar-refractivity contribution is 7.47. The maximum atomic E-state index is 11.7. The molecular weight excluding hydrogens is 467 g/mol. The first-order chi connectivity index (χ1) is 16.2. The van der Waals surface area contributed by atoms with Gasteiger partial charge < -0.3 is 20.5 Å². The number of phosphoric acid groups is 1. The second-order valence-corrected chi connectivity index (χ2v) is 9.52. The van der Waals surface area contributed by atoms with Crippen LogP contribution in [-0.4, -0.2) is 62.8 Å². The Morgan fingerprint density at radius 2 is 1.82 bits per heavy atom. The van der Waals surface area contributed by atoms with Crippen molar-refractivity contribution in [1.29, 1.82) is 0 Å². The number of nitrogens with zero attached hydrogens (tertiary/aromatic N) is 3. The third-order valence-corrected chi connectivity index (χ3v) is 5.92. The number of ether oxygens (including phenoxy) is 1. The molecule has 0 radical (unpaired) electrons. The normalized spacial score (nSPS) is 14.0. The Kier molecular flexibility index (Phi) is 15.6. The number of carbonyl (C=O) groups is 2. The Morgan fingerprint density at radius 3 is 2.56 bits per heavy atom. The molecule has 2 atom stereocenters. The van der Waals surface area contributed by atoms with Gasteiger partial charge in [0.25, 0.3) is 0 Å². The molecule has 0 saturated carbocycles. The van der Waals surface area contributed by atoms with Crippen LogP contribution < -0.4 is 5.73 Å². The summed E-state index contributed by atoms with van der Waals surface area (Å²) in [5.74, 6) is -1.68. The smallest absolute Gasteiger partial charge is 0.472 e. The number of hydrogen-bond donors (Lipinski definition) is 3. The number of hydrogen-bond acceptors (Lipinski definition) is 9. The Balaban J connectivity index is 1.97. The molecule has 0 saturated heterocycles. The molecule has 0 bridgehead atoms. The zero-order valence-electron chi connectivity index (χ0n) is 20.0. The fourth-order valence-corrected chi connectivity index (χ4v) is 3.76. The van der Waals surface area contributed by atoms with Crippen LogP contribution in [0.3, 0.4) is 0 Å². The summed E-state index contributed by atoms with van der Waals surface area (Å²) in [6.07, 6.45) is 11.9. The minimum absolute atomic E-state index is 0.0474. The molecule has 1 heterocycles. The van der Waals surface area contributed by atoms with Crippen molar-refractivity contribution in [2.75, 3.05) is 19.8 Å². The number of rotatable bonds is 21. The Labute approximate surface area is 200 Å². The van der Waals surface area contributed by atoms with E-state index in [1.54, 1.807) is 0 Å². The Morgan fingerprint density at radius 1 is 1.09 bits per heavy atom. The maximum Gasteiger partial charge on any atom is 0.472 e. The van der Waals surface area contributed by atoms with E-state index < -0.39 is 26.4 Å². The second kappa shape index (κ2) is 17.6. The number of aliphatic carboxylic acids is 1. The van der Waals surface area contributed by atoms with Crippen molar-refractivity contribution in [2.24, 2.45) is 5.73 Å². The zero-order valence-corrected chi connectivity index (χ0v) is 20.9. The molecule has 0 spiro atoms. The van der Waals surface area contributed by atoms with Crippen molar-refractivity contribution in [1.82, 2.24) is 15.0 Å². The number of esters is 1. The molecule has 0 aliphatic carbocycles. The van der Waals surface area contributed by atoms with E-state index in [-0.39, 0.29) is 25.6 Å². The second-order valence-electron chi connectivity index (χ2n) is 8.06. The number of phosphoric ester groups is 1. The van der Waals surface area contributed by atoms with Gasteiger partial charge in [0.2, 0.25) is 0 Å². The monoisotopic (exact) mass is 506 g/mol. The molecule has 0 aromatic carbocycles. The number of carboxylic acid groups (broad SMARTS) is 1. The molecule has 0 amide bonds. The van der Waals surface area contributed by atoms with E-state index in [4.69, 9.17) is 15.6 Å². The lowest BCUT2D eigenvalue weighted by molar-refractivity contribution is -0.144. The van der Waals surface area contributed by atoms with E-state index in [1.807, 2.05) is 10.9 Å². The van der Waals surface area contributed by atoms with E-state index in [2.05, 4.69) is 26.3 Å². The molecule has 1 unspecified atom stereocenters. The largest absolute Gasteiger partial charge is 0.480 e. The van der Waals surface area contributed by atoms with Gasteiger partial charge in [-0.25, -0.2) is 4.57 Å². The summed E-state index contributed by atoms with van der Waals surface area (Å²) in [4.78, 5) is 31.7. The van der Waals surface area contributed by atoms with Crippen molar-refractivity contribution in [3.05, 3.63) is 11.9 Å². The first-order valence-corrected chi connectivity index (χ1v) is 13.4. The van der Waals surface area contributed by atoms with E-state index >= 15 is 0 Å². The summed E-state index contributed by atoms with van der Waals surface area (Å²) in [6.45, 7) is 2.24. The molecule has 1 aromatic heterocycles. The summed E-state index contributed by atoms with van der Waals surface area (Å²) < 4.78 is 27.7. The number of nitrogens with two attached hydrogens (primary N) is 1. The van der Waals surface area contributed by atoms with Gasteiger partial charge in [-0.05, 0) is 25.7 Å². The molecule has 0 aliphatic rings. The van der Waals surface area contributed by atoms with Crippen LogP contribution in [0, 0.1) is 0 Å². The molecule has 4 N–H and O–H groups in total. The third kappa shape index (κ3) is 15.1. The first-order valence-electron chi connectivity index (χ1n) is 11.9. The predicted molar refractivity (Wildman–Crippen MR) is 124 cm³/mol. The van der Waals surface area contributed by atoms with Crippen molar-refractivity contribution in [3.63, 3.8) is 0 Å². The Hall–Kier alpha value is -1.85. The highest BCUT2D eigenvalue weighted by Crippen LogP contribution is 2.43. The summed E-state index contributed by atoms with van der Waals surface area (Å²) in [7, 11) is -4.40. The van der Waals surface area contributed by atoms with Gasteiger partial charge in [0.05, 0.1) is 25.5 Å².